The van der Waals surface area contributed by atoms with E-state index in [0.717, 1.165) is 24.2 Å². The molecule has 1 aromatic rings. The van der Waals surface area contributed by atoms with Gasteiger partial charge >= 0.3 is 5.97 Å². The highest BCUT2D eigenvalue weighted by molar-refractivity contribution is 6.21. The minimum Gasteiger partial charge on any atom is -0.454 e. The first-order valence-corrected chi connectivity index (χ1v) is 9.06. The van der Waals surface area contributed by atoms with Crippen molar-refractivity contribution in [3.63, 3.8) is 0 Å². The topological polar surface area (TPSA) is 113 Å². The summed E-state index contributed by atoms with van der Waals surface area (Å²) in [7, 11) is 1.39. The minimum atomic E-state index is -0.651. The van der Waals surface area contributed by atoms with Gasteiger partial charge in [0.1, 0.15) is 6.54 Å². The third-order valence-corrected chi connectivity index (χ3v) is 4.73. The number of anilines is 1. The number of hydrogen-bond donors (Lipinski definition) is 1. The summed E-state index contributed by atoms with van der Waals surface area (Å²) in [5, 5.41) is 2.52. The fourth-order valence-electron chi connectivity index (χ4n) is 3.19. The number of carbonyl (C=O) groups excluding carboxylic acids is 5. The van der Waals surface area contributed by atoms with Crippen LogP contribution >= 0.6 is 0 Å². The summed E-state index contributed by atoms with van der Waals surface area (Å²) in [4.78, 5) is 62.1. The maximum Gasteiger partial charge on any atom is 0.326 e. The summed E-state index contributed by atoms with van der Waals surface area (Å²) in [5.41, 5.74) is 0.806. The molecule has 1 aromatic carbocycles. The van der Waals surface area contributed by atoms with E-state index in [9.17, 15) is 24.0 Å². The molecule has 9 heteroatoms. The van der Waals surface area contributed by atoms with Gasteiger partial charge in [0.25, 0.3) is 17.7 Å². The van der Waals surface area contributed by atoms with Gasteiger partial charge in [0.2, 0.25) is 5.91 Å². The van der Waals surface area contributed by atoms with Crippen LogP contribution in [-0.2, 0) is 19.1 Å². The number of amides is 4. The first-order chi connectivity index (χ1) is 13.4. The Balaban J connectivity index is 1.51. The van der Waals surface area contributed by atoms with Crippen molar-refractivity contribution in [1.29, 1.82) is 0 Å². The maximum absolute atomic E-state index is 12.0. The normalized spacial score (nSPS) is 16.7. The fraction of sp³-hybridized carbons (Fsp3) is 0.421. The molecule has 4 amide bonds. The quantitative estimate of drug-likeness (QED) is 0.591. The number of nitrogens with one attached hydrogen (secondary N) is 1. The van der Waals surface area contributed by atoms with E-state index < -0.39 is 30.3 Å². The molecule has 2 aliphatic rings. The molecule has 9 nitrogen and oxygen atoms in total. The lowest BCUT2D eigenvalue weighted by Gasteiger charge is -2.19. The summed E-state index contributed by atoms with van der Waals surface area (Å²) < 4.78 is 4.94. The van der Waals surface area contributed by atoms with Gasteiger partial charge in [-0.3, -0.25) is 28.9 Å². The van der Waals surface area contributed by atoms with Crippen LogP contribution < -0.4 is 5.32 Å². The van der Waals surface area contributed by atoms with Gasteiger partial charge in [0.15, 0.2) is 6.61 Å². The molecule has 2 heterocycles. The third-order valence-electron chi connectivity index (χ3n) is 4.73. The number of carbonyl (C=O) groups is 5. The Bertz CT molecular complexity index is 850. The molecule has 0 atom stereocenters. The van der Waals surface area contributed by atoms with Crippen molar-refractivity contribution in [2.45, 2.75) is 25.7 Å². The van der Waals surface area contributed by atoms with E-state index in [-0.39, 0.29) is 23.6 Å². The third kappa shape index (κ3) is 4.19. The first-order valence-electron chi connectivity index (χ1n) is 9.06. The van der Waals surface area contributed by atoms with Crippen molar-refractivity contribution < 1.29 is 28.7 Å². The highest BCUT2D eigenvalue weighted by atomic mass is 16.5. The molecule has 0 saturated carbocycles. The zero-order valence-corrected chi connectivity index (χ0v) is 15.5. The van der Waals surface area contributed by atoms with E-state index in [2.05, 4.69) is 5.32 Å². The summed E-state index contributed by atoms with van der Waals surface area (Å²) in [5.74, 6) is -2.15. The van der Waals surface area contributed by atoms with E-state index >= 15 is 0 Å². The lowest BCUT2D eigenvalue weighted by Crippen LogP contribution is -2.36. The van der Waals surface area contributed by atoms with Gasteiger partial charge < -0.3 is 15.0 Å². The van der Waals surface area contributed by atoms with Crippen LogP contribution in [0.1, 0.15) is 46.4 Å². The van der Waals surface area contributed by atoms with E-state index in [0.29, 0.717) is 18.7 Å². The van der Waals surface area contributed by atoms with E-state index in [1.165, 1.54) is 30.1 Å². The highest BCUT2D eigenvalue weighted by Gasteiger charge is 2.32. The number of nitrogens with zero attached hydrogens (tertiary/aromatic N) is 2. The Morgan fingerprint density at radius 1 is 1.07 bits per heavy atom. The number of hydrogen-bond acceptors (Lipinski definition) is 6. The average molecular weight is 387 g/mol. The number of fused-ring (bicyclic) bond motifs is 1. The van der Waals surface area contributed by atoms with Crippen LogP contribution in [0.3, 0.4) is 0 Å². The summed E-state index contributed by atoms with van der Waals surface area (Å²) in [6, 6.07) is 4.37. The molecule has 1 fully saturated rings. The summed E-state index contributed by atoms with van der Waals surface area (Å²) in [6.45, 7) is -0.172. The molecule has 0 aliphatic carbocycles. The maximum atomic E-state index is 12.0. The smallest absolute Gasteiger partial charge is 0.326 e. The molecule has 0 unspecified atom stereocenters. The van der Waals surface area contributed by atoms with Crippen LogP contribution in [0, 0.1) is 0 Å². The van der Waals surface area contributed by atoms with Gasteiger partial charge in [-0.1, -0.05) is 6.42 Å². The van der Waals surface area contributed by atoms with Crippen LogP contribution in [0.5, 0.6) is 0 Å². The largest absolute Gasteiger partial charge is 0.454 e. The number of imide groups is 1. The van der Waals surface area contributed by atoms with Crippen molar-refractivity contribution in [1.82, 2.24) is 9.80 Å². The van der Waals surface area contributed by atoms with Crippen molar-refractivity contribution in [3.8, 4) is 0 Å². The molecule has 28 heavy (non-hydrogen) atoms. The Morgan fingerprint density at radius 3 is 2.61 bits per heavy atom. The molecule has 0 bridgehead atoms. The van der Waals surface area contributed by atoms with Crippen molar-refractivity contribution in [3.05, 3.63) is 29.3 Å². The molecule has 1 N–H and O–H groups in total. The van der Waals surface area contributed by atoms with Crippen LogP contribution in [-0.4, -0.2) is 66.1 Å². The molecule has 0 radical (unpaired) electrons. The lowest BCUT2D eigenvalue weighted by atomic mass is 10.1. The van der Waals surface area contributed by atoms with Crippen molar-refractivity contribution in [2.24, 2.45) is 0 Å². The second-order valence-electron chi connectivity index (χ2n) is 6.76. The summed E-state index contributed by atoms with van der Waals surface area (Å²) >= 11 is 0. The molecule has 3 rings (SSSR count). The van der Waals surface area contributed by atoms with Gasteiger partial charge in [0.05, 0.1) is 11.1 Å². The Morgan fingerprint density at radius 2 is 1.82 bits per heavy atom. The van der Waals surface area contributed by atoms with Gasteiger partial charge in [-0.2, -0.15) is 0 Å². The minimum absolute atomic E-state index is 0.0822. The number of likely N-dealkylation sites (tertiary alicyclic amines) is 1. The highest BCUT2D eigenvalue weighted by Crippen LogP contribution is 2.24. The number of rotatable bonds is 5. The Kier molecular flexibility index (Phi) is 5.72. The number of ether oxygens (including phenoxy) is 1. The van der Waals surface area contributed by atoms with Gasteiger partial charge in [-0.15, -0.1) is 0 Å². The van der Waals surface area contributed by atoms with Crippen molar-refractivity contribution >= 4 is 35.3 Å². The number of esters is 1. The second kappa shape index (κ2) is 8.20. The second-order valence-corrected chi connectivity index (χ2v) is 6.76. The zero-order valence-electron chi connectivity index (χ0n) is 15.5. The molecular weight excluding hydrogens is 366 g/mol. The molecule has 2 aliphatic heterocycles. The standard InChI is InChI=1S/C19H21N3O6/c1-21-18(26)13-7-6-12(9-14(13)19(21)27)20-15(23)11-28-17(25)10-22-8-4-2-3-5-16(22)24/h6-7,9H,2-5,8,10-11H2,1H3,(H,20,23). The van der Waals surface area contributed by atoms with E-state index in [1.807, 2.05) is 0 Å². The van der Waals surface area contributed by atoms with Crippen LogP contribution in [0.4, 0.5) is 5.69 Å². The molecule has 1 saturated heterocycles. The monoisotopic (exact) mass is 387 g/mol. The van der Waals surface area contributed by atoms with Gasteiger partial charge in [-0.05, 0) is 31.0 Å². The van der Waals surface area contributed by atoms with Crippen LogP contribution in [0.25, 0.3) is 0 Å². The Hall–Kier alpha value is -3.23. The predicted octanol–water partition coefficient (Wildman–Crippen LogP) is 0.797. The van der Waals surface area contributed by atoms with E-state index in [4.69, 9.17) is 4.74 Å². The molecule has 148 valence electrons. The van der Waals surface area contributed by atoms with E-state index in [1.54, 1.807) is 0 Å². The first kappa shape index (κ1) is 19.5. The zero-order chi connectivity index (χ0) is 20.3. The average Bonchev–Trinajstić information content (AvgIpc) is 2.81. The van der Waals surface area contributed by atoms with Crippen molar-refractivity contribution in [2.75, 3.05) is 32.1 Å². The van der Waals surface area contributed by atoms with Crippen LogP contribution in [0.15, 0.2) is 18.2 Å². The van der Waals surface area contributed by atoms with Gasteiger partial charge in [-0.25, -0.2) is 0 Å². The SMILES string of the molecule is CN1C(=O)c2ccc(NC(=O)COC(=O)CN3CCCCCC3=O)cc2C1=O. The Labute approximate surface area is 161 Å². The fourth-order valence-corrected chi connectivity index (χ4v) is 3.19. The summed E-state index contributed by atoms with van der Waals surface area (Å²) in [6.07, 6.45) is 3.03. The lowest BCUT2D eigenvalue weighted by molar-refractivity contribution is -0.151. The molecule has 0 aromatic heterocycles. The van der Waals surface area contributed by atoms with Gasteiger partial charge in [0, 0.05) is 25.7 Å². The molecular formula is C19H21N3O6. The predicted molar refractivity (Wildman–Crippen MR) is 97.5 cm³/mol. The number of benzene rings is 1. The molecule has 0 spiro atoms. The van der Waals surface area contributed by atoms with Crippen LogP contribution in [0.2, 0.25) is 0 Å².